The highest BCUT2D eigenvalue weighted by Crippen LogP contribution is 2.36. The number of rotatable bonds is 3. The maximum absolute atomic E-state index is 3.57. The molecule has 1 heterocycles. The molecule has 2 rings (SSSR count). The third kappa shape index (κ3) is 2.72. The predicted octanol–water partition coefficient (Wildman–Crippen LogP) is 2.97. The molecule has 0 bridgehead atoms. The van der Waals surface area contributed by atoms with Gasteiger partial charge in [-0.25, -0.2) is 0 Å². The van der Waals surface area contributed by atoms with Gasteiger partial charge in [-0.2, -0.15) is 0 Å². The Morgan fingerprint density at radius 2 is 2.24 bits per heavy atom. The van der Waals surface area contributed by atoms with Gasteiger partial charge >= 0.3 is 0 Å². The molecule has 0 amide bonds. The van der Waals surface area contributed by atoms with Crippen molar-refractivity contribution in [3.63, 3.8) is 0 Å². The molecule has 1 aromatic rings. The zero-order chi connectivity index (χ0) is 12.4. The van der Waals surface area contributed by atoms with Crippen LogP contribution in [0.15, 0.2) is 22.7 Å². The molecular weight excluding hydrogens is 276 g/mol. The van der Waals surface area contributed by atoms with Gasteiger partial charge in [0.05, 0.1) is 0 Å². The monoisotopic (exact) mass is 296 g/mol. The van der Waals surface area contributed by atoms with Gasteiger partial charge in [0, 0.05) is 10.5 Å². The molecule has 1 aliphatic heterocycles. The van der Waals surface area contributed by atoms with E-state index >= 15 is 0 Å². The van der Waals surface area contributed by atoms with E-state index in [1.807, 2.05) is 7.05 Å². The SMILES string of the molecule is CNCC1CCN(C)C1c1ccc(Br)c(C)c1. The van der Waals surface area contributed by atoms with Crippen LogP contribution in [0.2, 0.25) is 0 Å². The summed E-state index contributed by atoms with van der Waals surface area (Å²) in [4.78, 5) is 2.48. The molecule has 1 saturated heterocycles. The van der Waals surface area contributed by atoms with E-state index in [0.717, 1.165) is 12.5 Å². The van der Waals surface area contributed by atoms with Gasteiger partial charge in [-0.05, 0) is 63.6 Å². The fraction of sp³-hybridized carbons (Fsp3) is 0.571. The quantitative estimate of drug-likeness (QED) is 0.923. The lowest BCUT2D eigenvalue weighted by atomic mass is 9.93. The van der Waals surface area contributed by atoms with E-state index in [-0.39, 0.29) is 0 Å². The number of benzene rings is 1. The summed E-state index contributed by atoms with van der Waals surface area (Å²) in [6.07, 6.45) is 1.29. The van der Waals surface area contributed by atoms with Crippen LogP contribution in [0, 0.1) is 12.8 Å². The molecule has 2 nitrogen and oxygen atoms in total. The minimum atomic E-state index is 0.564. The Hall–Kier alpha value is -0.380. The lowest BCUT2D eigenvalue weighted by Gasteiger charge is -2.26. The molecule has 1 aliphatic rings. The van der Waals surface area contributed by atoms with Gasteiger partial charge in [0.2, 0.25) is 0 Å². The van der Waals surface area contributed by atoms with Crippen molar-refractivity contribution in [3.05, 3.63) is 33.8 Å². The normalized spacial score (nSPS) is 25.4. The molecule has 2 atom stereocenters. The van der Waals surface area contributed by atoms with Crippen LogP contribution in [-0.2, 0) is 0 Å². The first-order valence-corrected chi connectivity index (χ1v) is 7.03. The van der Waals surface area contributed by atoms with Crippen molar-refractivity contribution in [2.45, 2.75) is 19.4 Å². The molecule has 0 aromatic heterocycles. The van der Waals surface area contributed by atoms with Crippen molar-refractivity contribution in [2.75, 3.05) is 27.2 Å². The smallest absolute Gasteiger partial charge is 0.0385 e. The van der Waals surface area contributed by atoms with Crippen LogP contribution in [0.1, 0.15) is 23.6 Å². The molecule has 1 fully saturated rings. The van der Waals surface area contributed by atoms with Crippen LogP contribution in [0.5, 0.6) is 0 Å². The molecule has 3 heteroatoms. The topological polar surface area (TPSA) is 15.3 Å². The second-order valence-electron chi connectivity index (χ2n) is 5.04. The highest BCUT2D eigenvalue weighted by molar-refractivity contribution is 9.10. The number of nitrogens with zero attached hydrogens (tertiary/aromatic N) is 1. The molecule has 0 saturated carbocycles. The van der Waals surface area contributed by atoms with Gasteiger partial charge in [0.25, 0.3) is 0 Å². The van der Waals surface area contributed by atoms with Crippen molar-refractivity contribution in [1.29, 1.82) is 0 Å². The summed E-state index contributed by atoms with van der Waals surface area (Å²) >= 11 is 3.57. The van der Waals surface area contributed by atoms with Crippen molar-refractivity contribution in [2.24, 2.45) is 5.92 Å². The first kappa shape index (κ1) is 13.1. The van der Waals surface area contributed by atoms with Crippen LogP contribution >= 0.6 is 15.9 Å². The Labute approximate surface area is 113 Å². The van der Waals surface area contributed by atoms with Crippen LogP contribution < -0.4 is 5.32 Å². The summed E-state index contributed by atoms with van der Waals surface area (Å²) < 4.78 is 1.20. The van der Waals surface area contributed by atoms with Crippen molar-refractivity contribution in [3.8, 4) is 0 Å². The van der Waals surface area contributed by atoms with Crippen molar-refractivity contribution in [1.82, 2.24) is 10.2 Å². The van der Waals surface area contributed by atoms with E-state index in [2.05, 4.69) is 58.3 Å². The molecule has 2 unspecified atom stereocenters. The highest BCUT2D eigenvalue weighted by Gasteiger charge is 2.32. The van der Waals surface area contributed by atoms with E-state index in [4.69, 9.17) is 0 Å². The molecule has 0 radical (unpaired) electrons. The van der Waals surface area contributed by atoms with E-state index in [1.54, 1.807) is 0 Å². The first-order valence-electron chi connectivity index (χ1n) is 6.24. The molecule has 1 N–H and O–H groups in total. The summed E-state index contributed by atoms with van der Waals surface area (Å²) in [5, 5.41) is 3.32. The Balaban J connectivity index is 2.26. The predicted molar refractivity (Wildman–Crippen MR) is 76.3 cm³/mol. The minimum Gasteiger partial charge on any atom is -0.319 e. The second-order valence-corrected chi connectivity index (χ2v) is 5.89. The third-order valence-corrected chi connectivity index (χ3v) is 4.65. The number of hydrogen-bond donors (Lipinski definition) is 1. The molecule has 1 aromatic carbocycles. The summed E-state index contributed by atoms with van der Waals surface area (Å²) in [7, 11) is 4.28. The lowest BCUT2D eigenvalue weighted by Crippen LogP contribution is -2.26. The molecule has 0 aliphatic carbocycles. The number of aryl methyl sites for hydroxylation is 1. The van der Waals surface area contributed by atoms with E-state index < -0.39 is 0 Å². The van der Waals surface area contributed by atoms with Gasteiger partial charge in [-0.15, -0.1) is 0 Å². The maximum Gasteiger partial charge on any atom is 0.0385 e. The highest BCUT2D eigenvalue weighted by atomic mass is 79.9. The van der Waals surface area contributed by atoms with E-state index in [1.165, 1.54) is 28.6 Å². The van der Waals surface area contributed by atoms with Crippen LogP contribution in [0.4, 0.5) is 0 Å². The van der Waals surface area contributed by atoms with Crippen LogP contribution in [0.3, 0.4) is 0 Å². The fourth-order valence-electron chi connectivity index (χ4n) is 2.88. The number of likely N-dealkylation sites (tertiary alicyclic amines) is 1. The summed E-state index contributed by atoms with van der Waals surface area (Å²) in [5.41, 5.74) is 2.77. The van der Waals surface area contributed by atoms with E-state index in [9.17, 15) is 0 Å². The van der Waals surface area contributed by atoms with Gasteiger partial charge in [0.1, 0.15) is 0 Å². The Bertz CT molecular complexity index is 390. The van der Waals surface area contributed by atoms with Gasteiger partial charge in [-0.1, -0.05) is 28.1 Å². The molecule has 94 valence electrons. The summed E-state index contributed by atoms with van der Waals surface area (Å²) in [6.45, 7) is 4.46. The van der Waals surface area contributed by atoms with Crippen molar-refractivity contribution < 1.29 is 0 Å². The zero-order valence-corrected chi connectivity index (χ0v) is 12.4. The second kappa shape index (κ2) is 5.51. The number of halogens is 1. The van der Waals surface area contributed by atoms with Crippen LogP contribution in [-0.4, -0.2) is 32.1 Å². The standard InChI is InChI=1S/C14H21BrN2/c1-10-8-11(4-5-13(10)15)14-12(9-16-2)6-7-17(14)3/h4-5,8,12,14,16H,6-7,9H2,1-3H3. The van der Waals surface area contributed by atoms with Crippen LogP contribution in [0.25, 0.3) is 0 Å². The average molecular weight is 297 g/mol. The Kier molecular flexibility index (Phi) is 4.23. The van der Waals surface area contributed by atoms with Gasteiger partial charge in [0.15, 0.2) is 0 Å². The lowest BCUT2D eigenvalue weighted by molar-refractivity contribution is 0.274. The minimum absolute atomic E-state index is 0.564. The fourth-order valence-corrected chi connectivity index (χ4v) is 3.13. The number of hydrogen-bond acceptors (Lipinski definition) is 2. The molecular formula is C14H21BrN2. The maximum atomic E-state index is 3.57. The largest absolute Gasteiger partial charge is 0.319 e. The Morgan fingerprint density at radius 3 is 2.88 bits per heavy atom. The summed E-state index contributed by atoms with van der Waals surface area (Å²) in [6, 6.07) is 7.31. The summed E-state index contributed by atoms with van der Waals surface area (Å²) in [5.74, 6) is 0.727. The van der Waals surface area contributed by atoms with E-state index in [0.29, 0.717) is 6.04 Å². The van der Waals surface area contributed by atoms with Gasteiger partial charge in [-0.3, -0.25) is 4.90 Å². The zero-order valence-electron chi connectivity index (χ0n) is 10.8. The molecule has 0 spiro atoms. The van der Waals surface area contributed by atoms with Gasteiger partial charge < -0.3 is 5.32 Å². The number of nitrogens with one attached hydrogen (secondary N) is 1. The average Bonchev–Trinajstić information content (AvgIpc) is 2.65. The third-order valence-electron chi connectivity index (χ3n) is 3.76. The first-order chi connectivity index (χ1) is 8.13. The Morgan fingerprint density at radius 1 is 1.47 bits per heavy atom. The van der Waals surface area contributed by atoms with Crippen molar-refractivity contribution >= 4 is 15.9 Å². The molecule has 17 heavy (non-hydrogen) atoms.